The fourth-order valence-corrected chi connectivity index (χ4v) is 4.10. The number of amides is 3. The molecule has 0 radical (unpaired) electrons. The largest absolute Gasteiger partial charge is 0.497 e. The zero-order chi connectivity index (χ0) is 23.9. The average molecular weight is 453 g/mol. The number of carbonyl (C=O) groups is 3. The van der Waals surface area contributed by atoms with Crippen LogP contribution in [-0.4, -0.2) is 58.7 Å². The molecule has 1 atom stereocenters. The summed E-state index contributed by atoms with van der Waals surface area (Å²) in [7, 11) is 3.07. The molecular weight excluding hydrogens is 430 g/mol. The number of methoxy groups -OCH3 is 2. The van der Waals surface area contributed by atoms with Crippen molar-refractivity contribution in [3.63, 3.8) is 0 Å². The number of rotatable bonds is 8. The summed E-state index contributed by atoms with van der Waals surface area (Å²) >= 11 is 0. The standard InChI is InChI=1S/C23H23N3O7/c1-13(25-22(28)17-5-4-6-18(26(30)31)20(17)23(25)29)21(27)24(15-7-8-15)12-14-11-16(32-2)9-10-19(14)33-3/h4-6,9-11,13,15H,7-8,12H2,1-3H3. The van der Waals surface area contributed by atoms with Crippen molar-refractivity contribution in [1.29, 1.82) is 0 Å². The minimum Gasteiger partial charge on any atom is -0.497 e. The fourth-order valence-electron chi connectivity index (χ4n) is 4.10. The van der Waals surface area contributed by atoms with Crippen LogP contribution in [0, 0.1) is 10.1 Å². The van der Waals surface area contributed by atoms with Gasteiger partial charge >= 0.3 is 0 Å². The van der Waals surface area contributed by atoms with Crippen LogP contribution in [0.15, 0.2) is 36.4 Å². The van der Waals surface area contributed by atoms with Crippen LogP contribution in [0.2, 0.25) is 0 Å². The molecule has 0 saturated heterocycles. The number of imide groups is 1. The van der Waals surface area contributed by atoms with Gasteiger partial charge < -0.3 is 14.4 Å². The Morgan fingerprint density at radius 2 is 1.91 bits per heavy atom. The van der Waals surface area contributed by atoms with Gasteiger partial charge in [0.25, 0.3) is 17.5 Å². The number of nitrogens with zero attached hydrogens (tertiary/aromatic N) is 3. The van der Waals surface area contributed by atoms with E-state index in [1.807, 2.05) is 0 Å². The monoisotopic (exact) mass is 453 g/mol. The van der Waals surface area contributed by atoms with Gasteiger partial charge in [0, 0.05) is 24.2 Å². The molecule has 2 aliphatic rings. The number of nitro benzene ring substituents is 1. The first-order chi connectivity index (χ1) is 15.8. The van der Waals surface area contributed by atoms with E-state index in [1.165, 1.54) is 32.2 Å². The molecule has 1 aliphatic carbocycles. The Balaban J connectivity index is 1.63. The molecular formula is C23H23N3O7. The lowest BCUT2D eigenvalue weighted by Gasteiger charge is -2.30. The highest BCUT2D eigenvalue weighted by molar-refractivity contribution is 6.24. The molecule has 0 spiro atoms. The zero-order valence-corrected chi connectivity index (χ0v) is 18.4. The molecule has 10 heteroatoms. The summed E-state index contributed by atoms with van der Waals surface area (Å²) in [5.74, 6) is -0.778. The average Bonchev–Trinajstić information content (AvgIpc) is 3.62. The van der Waals surface area contributed by atoms with Crippen molar-refractivity contribution in [3.05, 3.63) is 63.2 Å². The maximum atomic E-state index is 13.5. The van der Waals surface area contributed by atoms with Gasteiger partial charge in [-0.3, -0.25) is 29.4 Å². The van der Waals surface area contributed by atoms with Crippen LogP contribution in [0.25, 0.3) is 0 Å². The van der Waals surface area contributed by atoms with Crippen molar-refractivity contribution < 1.29 is 28.8 Å². The van der Waals surface area contributed by atoms with Crippen molar-refractivity contribution in [2.45, 2.75) is 38.4 Å². The third-order valence-corrected chi connectivity index (χ3v) is 5.96. The van der Waals surface area contributed by atoms with Crippen molar-refractivity contribution in [1.82, 2.24) is 9.80 Å². The molecule has 0 bridgehead atoms. The van der Waals surface area contributed by atoms with Gasteiger partial charge in [0.2, 0.25) is 5.91 Å². The van der Waals surface area contributed by atoms with Gasteiger partial charge in [-0.2, -0.15) is 0 Å². The highest BCUT2D eigenvalue weighted by atomic mass is 16.6. The van der Waals surface area contributed by atoms with Gasteiger partial charge in [0.05, 0.1) is 24.7 Å². The second kappa shape index (κ2) is 8.53. The first-order valence-electron chi connectivity index (χ1n) is 10.4. The predicted molar refractivity (Wildman–Crippen MR) is 116 cm³/mol. The second-order valence-corrected chi connectivity index (χ2v) is 7.99. The van der Waals surface area contributed by atoms with E-state index in [2.05, 4.69) is 0 Å². The van der Waals surface area contributed by atoms with E-state index < -0.39 is 34.4 Å². The number of fused-ring (bicyclic) bond motifs is 1. The topological polar surface area (TPSA) is 119 Å². The third-order valence-electron chi connectivity index (χ3n) is 5.96. The summed E-state index contributed by atoms with van der Waals surface area (Å²) in [6.07, 6.45) is 1.61. The Morgan fingerprint density at radius 1 is 1.18 bits per heavy atom. The van der Waals surface area contributed by atoms with Crippen molar-refractivity contribution in [2.24, 2.45) is 0 Å². The number of hydrogen-bond donors (Lipinski definition) is 0. The maximum absolute atomic E-state index is 13.5. The van der Waals surface area contributed by atoms with E-state index in [4.69, 9.17) is 9.47 Å². The highest BCUT2D eigenvalue weighted by Crippen LogP contribution is 2.35. The molecule has 172 valence electrons. The molecule has 1 fully saturated rings. The first-order valence-corrected chi connectivity index (χ1v) is 10.4. The van der Waals surface area contributed by atoms with Gasteiger partial charge in [-0.25, -0.2) is 0 Å². The van der Waals surface area contributed by atoms with Crippen LogP contribution in [0.1, 0.15) is 46.0 Å². The Hall–Kier alpha value is -3.95. The fraction of sp³-hybridized carbons (Fsp3) is 0.348. The molecule has 4 rings (SSSR count). The number of carbonyl (C=O) groups excluding carboxylic acids is 3. The van der Waals surface area contributed by atoms with E-state index in [-0.39, 0.29) is 23.7 Å². The first kappa shape index (κ1) is 22.3. The third kappa shape index (κ3) is 3.88. The van der Waals surface area contributed by atoms with Crippen LogP contribution >= 0.6 is 0 Å². The molecule has 2 aromatic carbocycles. The maximum Gasteiger partial charge on any atom is 0.282 e. The molecule has 3 amide bonds. The minimum absolute atomic E-state index is 0.0274. The molecule has 1 saturated carbocycles. The van der Waals surface area contributed by atoms with E-state index in [1.54, 1.807) is 30.2 Å². The van der Waals surface area contributed by atoms with Crippen LogP contribution in [-0.2, 0) is 11.3 Å². The minimum atomic E-state index is -1.13. The van der Waals surface area contributed by atoms with E-state index in [0.717, 1.165) is 23.3 Å². The zero-order valence-electron chi connectivity index (χ0n) is 18.4. The lowest BCUT2D eigenvalue weighted by atomic mass is 10.1. The Bertz CT molecular complexity index is 1160. The summed E-state index contributed by atoms with van der Waals surface area (Å²) in [5.41, 5.74) is -0.0728. The number of hydrogen-bond acceptors (Lipinski definition) is 7. The van der Waals surface area contributed by atoms with Gasteiger partial charge in [-0.1, -0.05) is 6.07 Å². The molecule has 10 nitrogen and oxygen atoms in total. The Labute approximate surface area is 189 Å². The van der Waals surface area contributed by atoms with Gasteiger partial charge in [-0.15, -0.1) is 0 Å². The summed E-state index contributed by atoms with van der Waals surface area (Å²) in [6.45, 7) is 1.67. The smallest absolute Gasteiger partial charge is 0.282 e. The molecule has 2 aromatic rings. The van der Waals surface area contributed by atoms with Crippen LogP contribution < -0.4 is 9.47 Å². The number of nitro groups is 1. The molecule has 1 aliphatic heterocycles. The molecule has 33 heavy (non-hydrogen) atoms. The molecule has 1 unspecified atom stereocenters. The van der Waals surface area contributed by atoms with Gasteiger partial charge in [0.15, 0.2) is 0 Å². The number of benzene rings is 2. The Kier molecular flexibility index (Phi) is 5.75. The molecule has 0 N–H and O–H groups in total. The molecule has 1 heterocycles. The van der Waals surface area contributed by atoms with Crippen LogP contribution in [0.4, 0.5) is 5.69 Å². The van der Waals surface area contributed by atoms with Crippen molar-refractivity contribution >= 4 is 23.4 Å². The van der Waals surface area contributed by atoms with Crippen molar-refractivity contribution in [2.75, 3.05) is 14.2 Å². The van der Waals surface area contributed by atoms with E-state index in [9.17, 15) is 24.5 Å². The summed E-state index contributed by atoms with van der Waals surface area (Å²) in [6, 6.07) is 8.00. The van der Waals surface area contributed by atoms with Gasteiger partial charge in [-0.05, 0) is 44.0 Å². The normalized spacial score (nSPS) is 15.8. The second-order valence-electron chi connectivity index (χ2n) is 7.99. The van der Waals surface area contributed by atoms with Crippen LogP contribution in [0.3, 0.4) is 0 Å². The quantitative estimate of drug-likeness (QED) is 0.342. The van der Waals surface area contributed by atoms with Crippen LogP contribution in [0.5, 0.6) is 11.5 Å². The summed E-state index contributed by atoms with van der Waals surface area (Å²) in [4.78, 5) is 52.6. The summed E-state index contributed by atoms with van der Waals surface area (Å²) < 4.78 is 10.7. The highest BCUT2D eigenvalue weighted by Gasteiger charge is 2.47. The predicted octanol–water partition coefficient (Wildman–Crippen LogP) is 2.79. The summed E-state index contributed by atoms with van der Waals surface area (Å²) in [5, 5.41) is 11.4. The van der Waals surface area contributed by atoms with Gasteiger partial charge in [0.1, 0.15) is 23.1 Å². The number of ether oxygens (including phenoxy) is 2. The molecule has 0 aromatic heterocycles. The Morgan fingerprint density at radius 3 is 2.52 bits per heavy atom. The lowest BCUT2D eigenvalue weighted by molar-refractivity contribution is -0.385. The van der Waals surface area contributed by atoms with Crippen molar-refractivity contribution in [3.8, 4) is 11.5 Å². The van der Waals surface area contributed by atoms with E-state index in [0.29, 0.717) is 11.5 Å². The SMILES string of the molecule is COc1ccc(OC)c(CN(C(=O)C(C)N2C(=O)c3cccc([N+](=O)[O-])c3C2=O)C2CC2)c1. The van der Waals surface area contributed by atoms with E-state index >= 15 is 0 Å². The lowest BCUT2D eigenvalue weighted by Crippen LogP contribution is -2.49.